The third kappa shape index (κ3) is 4.72. The van der Waals surface area contributed by atoms with Crippen LogP contribution in [-0.2, 0) is 0 Å². The summed E-state index contributed by atoms with van der Waals surface area (Å²) in [6.45, 7) is 0.993. The summed E-state index contributed by atoms with van der Waals surface area (Å²) in [5.74, 6) is -0.463. The number of benzene rings is 2. The standard InChI is InChI=1S/C19H21FN4O2/c20-16-8-4-5-9-17(16)23-19(26)24-12-10-15(11-13-24)22-18(25)21-14-6-2-1-3-7-14/h1-9,15H,10-13H2,(H,23,26)(H2,21,22,25). The highest BCUT2D eigenvalue weighted by Gasteiger charge is 2.24. The van der Waals surface area contributed by atoms with Gasteiger partial charge in [0.2, 0.25) is 0 Å². The molecular weight excluding hydrogens is 335 g/mol. The Bertz CT molecular complexity index is 761. The molecule has 1 heterocycles. The maximum Gasteiger partial charge on any atom is 0.321 e. The molecule has 2 aromatic carbocycles. The number of nitrogens with one attached hydrogen (secondary N) is 3. The van der Waals surface area contributed by atoms with Crippen molar-refractivity contribution < 1.29 is 14.0 Å². The Kier molecular flexibility index (Phi) is 5.68. The van der Waals surface area contributed by atoms with Crippen LogP contribution in [0.15, 0.2) is 54.6 Å². The van der Waals surface area contributed by atoms with Gasteiger partial charge in [0.05, 0.1) is 5.69 Å². The number of halogens is 1. The van der Waals surface area contributed by atoms with Crippen LogP contribution >= 0.6 is 0 Å². The lowest BCUT2D eigenvalue weighted by molar-refractivity contribution is 0.189. The van der Waals surface area contributed by atoms with Gasteiger partial charge in [0.25, 0.3) is 0 Å². The first-order chi connectivity index (χ1) is 12.6. The minimum atomic E-state index is -0.463. The van der Waals surface area contributed by atoms with Crippen LogP contribution in [0.3, 0.4) is 0 Å². The van der Waals surface area contributed by atoms with Crippen molar-refractivity contribution in [1.82, 2.24) is 10.2 Å². The van der Waals surface area contributed by atoms with Gasteiger partial charge >= 0.3 is 12.1 Å². The molecule has 0 saturated carbocycles. The van der Waals surface area contributed by atoms with Gasteiger partial charge in [-0.15, -0.1) is 0 Å². The molecule has 0 atom stereocenters. The topological polar surface area (TPSA) is 73.5 Å². The second-order valence-corrected chi connectivity index (χ2v) is 6.14. The minimum Gasteiger partial charge on any atom is -0.335 e. The molecule has 3 N–H and O–H groups in total. The molecule has 0 spiro atoms. The fourth-order valence-electron chi connectivity index (χ4n) is 2.86. The molecule has 1 saturated heterocycles. The number of carbonyl (C=O) groups excluding carboxylic acids is 2. The quantitative estimate of drug-likeness (QED) is 0.785. The SMILES string of the molecule is O=C(Nc1ccccc1)NC1CCN(C(=O)Nc2ccccc2F)CC1. The van der Waals surface area contributed by atoms with E-state index in [1.165, 1.54) is 12.1 Å². The molecule has 3 rings (SSSR count). The van der Waals surface area contributed by atoms with Crippen LogP contribution in [0, 0.1) is 5.82 Å². The van der Waals surface area contributed by atoms with E-state index in [-0.39, 0.29) is 23.8 Å². The molecule has 0 radical (unpaired) electrons. The summed E-state index contributed by atoms with van der Waals surface area (Å²) in [6.07, 6.45) is 1.29. The summed E-state index contributed by atoms with van der Waals surface area (Å²) >= 11 is 0. The van der Waals surface area contributed by atoms with Crippen LogP contribution in [0.25, 0.3) is 0 Å². The zero-order chi connectivity index (χ0) is 18.4. The van der Waals surface area contributed by atoms with E-state index >= 15 is 0 Å². The van der Waals surface area contributed by atoms with E-state index in [4.69, 9.17) is 0 Å². The van der Waals surface area contributed by atoms with Crippen molar-refractivity contribution in [2.75, 3.05) is 23.7 Å². The molecule has 6 nitrogen and oxygen atoms in total. The summed E-state index contributed by atoms with van der Waals surface area (Å²) in [5.41, 5.74) is 0.895. The lowest BCUT2D eigenvalue weighted by Crippen LogP contribution is -2.48. The zero-order valence-corrected chi connectivity index (χ0v) is 14.2. The largest absolute Gasteiger partial charge is 0.335 e. The first kappa shape index (κ1) is 17.7. The third-order valence-corrected chi connectivity index (χ3v) is 4.26. The molecule has 26 heavy (non-hydrogen) atoms. The Hall–Kier alpha value is -3.09. The molecule has 0 aliphatic carbocycles. The number of nitrogens with zero attached hydrogens (tertiary/aromatic N) is 1. The van der Waals surface area contributed by atoms with Crippen LogP contribution in [0.5, 0.6) is 0 Å². The fraction of sp³-hybridized carbons (Fsp3) is 0.263. The number of para-hydroxylation sites is 2. The number of piperidine rings is 1. The lowest BCUT2D eigenvalue weighted by atomic mass is 10.1. The Morgan fingerprint density at radius 2 is 1.58 bits per heavy atom. The van der Waals surface area contributed by atoms with E-state index in [9.17, 15) is 14.0 Å². The van der Waals surface area contributed by atoms with Crippen molar-refractivity contribution in [3.63, 3.8) is 0 Å². The highest BCUT2D eigenvalue weighted by Crippen LogP contribution is 2.16. The van der Waals surface area contributed by atoms with Gasteiger partial charge in [0.1, 0.15) is 5.82 Å². The molecular formula is C19H21FN4O2. The smallest absolute Gasteiger partial charge is 0.321 e. The van der Waals surface area contributed by atoms with Crippen molar-refractivity contribution in [3.05, 3.63) is 60.4 Å². The third-order valence-electron chi connectivity index (χ3n) is 4.26. The van der Waals surface area contributed by atoms with Gasteiger partial charge in [-0.05, 0) is 37.1 Å². The van der Waals surface area contributed by atoms with Crippen molar-refractivity contribution in [2.45, 2.75) is 18.9 Å². The Balaban J connectivity index is 1.44. The number of urea groups is 2. The fourth-order valence-corrected chi connectivity index (χ4v) is 2.86. The highest BCUT2D eigenvalue weighted by atomic mass is 19.1. The van der Waals surface area contributed by atoms with Crippen LogP contribution in [0.2, 0.25) is 0 Å². The predicted molar refractivity (Wildman–Crippen MR) is 98.6 cm³/mol. The van der Waals surface area contributed by atoms with E-state index in [1.54, 1.807) is 17.0 Å². The van der Waals surface area contributed by atoms with Crippen LogP contribution in [0.4, 0.5) is 25.4 Å². The van der Waals surface area contributed by atoms with Crippen molar-refractivity contribution >= 4 is 23.4 Å². The predicted octanol–water partition coefficient (Wildman–Crippen LogP) is 3.64. The maximum atomic E-state index is 13.6. The van der Waals surface area contributed by atoms with Gasteiger partial charge in [-0.1, -0.05) is 30.3 Å². The molecule has 7 heteroatoms. The van der Waals surface area contributed by atoms with Gasteiger partial charge in [-0.3, -0.25) is 0 Å². The minimum absolute atomic E-state index is 0.00350. The van der Waals surface area contributed by atoms with E-state index in [0.29, 0.717) is 25.9 Å². The summed E-state index contributed by atoms with van der Waals surface area (Å²) in [7, 11) is 0. The number of anilines is 2. The molecule has 0 bridgehead atoms. The normalized spacial score (nSPS) is 14.6. The summed E-state index contributed by atoms with van der Waals surface area (Å²) in [6, 6.07) is 14.7. The van der Waals surface area contributed by atoms with Crippen LogP contribution in [-0.4, -0.2) is 36.1 Å². The Morgan fingerprint density at radius 1 is 0.923 bits per heavy atom. The Morgan fingerprint density at radius 3 is 2.27 bits per heavy atom. The summed E-state index contributed by atoms with van der Waals surface area (Å²) in [4.78, 5) is 25.9. The molecule has 1 fully saturated rings. The van der Waals surface area contributed by atoms with Crippen molar-refractivity contribution in [1.29, 1.82) is 0 Å². The van der Waals surface area contributed by atoms with Gasteiger partial charge < -0.3 is 20.9 Å². The number of rotatable bonds is 3. The van der Waals surface area contributed by atoms with Gasteiger partial charge in [-0.2, -0.15) is 0 Å². The molecule has 0 aromatic heterocycles. The monoisotopic (exact) mass is 356 g/mol. The first-order valence-electron chi connectivity index (χ1n) is 8.55. The summed E-state index contributed by atoms with van der Waals surface area (Å²) < 4.78 is 13.6. The van der Waals surface area contributed by atoms with E-state index in [0.717, 1.165) is 5.69 Å². The number of likely N-dealkylation sites (tertiary alicyclic amines) is 1. The molecule has 4 amide bonds. The van der Waals surface area contributed by atoms with Gasteiger partial charge in [-0.25, -0.2) is 14.0 Å². The molecule has 0 unspecified atom stereocenters. The van der Waals surface area contributed by atoms with E-state index in [1.807, 2.05) is 30.3 Å². The Labute approximate surface area is 151 Å². The molecule has 136 valence electrons. The maximum absolute atomic E-state index is 13.6. The zero-order valence-electron chi connectivity index (χ0n) is 14.2. The molecule has 1 aliphatic heterocycles. The van der Waals surface area contributed by atoms with E-state index in [2.05, 4.69) is 16.0 Å². The first-order valence-corrected chi connectivity index (χ1v) is 8.55. The van der Waals surface area contributed by atoms with Crippen molar-refractivity contribution in [2.24, 2.45) is 0 Å². The summed E-state index contributed by atoms with van der Waals surface area (Å²) in [5, 5.41) is 8.28. The number of amides is 4. The highest BCUT2D eigenvalue weighted by molar-refractivity contribution is 5.90. The molecule has 2 aromatic rings. The van der Waals surface area contributed by atoms with Crippen LogP contribution in [0.1, 0.15) is 12.8 Å². The average molecular weight is 356 g/mol. The average Bonchev–Trinajstić information content (AvgIpc) is 2.65. The lowest BCUT2D eigenvalue weighted by Gasteiger charge is -2.32. The van der Waals surface area contributed by atoms with Gasteiger partial charge in [0, 0.05) is 24.8 Å². The van der Waals surface area contributed by atoms with Crippen LogP contribution < -0.4 is 16.0 Å². The number of hydrogen-bond acceptors (Lipinski definition) is 2. The second kappa shape index (κ2) is 8.33. The number of hydrogen-bond donors (Lipinski definition) is 3. The van der Waals surface area contributed by atoms with E-state index < -0.39 is 5.82 Å². The molecule has 1 aliphatic rings. The van der Waals surface area contributed by atoms with Gasteiger partial charge in [0.15, 0.2) is 0 Å². The number of carbonyl (C=O) groups is 2. The van der Waals surface area contributed by atoms with Crippen molar-refractivity contribution in [3.8, 4) is 0 Å². The second-order valence-electron chi connectivity index (χ2n) is 6.14.